The number of methoxy groups -OCH3 is 2. The number of ether oxygens (including phenoxy) is 2. The number of hydrogen-bond donors (Lipinski definition) is 1. The number of fused-ring (bicyclic) bond motifs is 1. The van der Waals surface area contributed by atoms with Gasteiger partial charge in [-0.2, -0.15) is 0 Å². The van der Waals surface area contributed by atoms with Gasteiger partial charge < -0.3 is 24.0 Å². The summed E-state index contributed by atoms with van der Waals surface area (Å²) in [5.41, 5.74) is 2.14. The summed E-state index contributed by atoms with van der Waals surface area (Å²) in [7, 11) is 3.08. The molecule has 0 aliphatic carbocycles. The van der Waals surface area contributed by atoms with E-state index in [1.54, 1.807) is 38.6 Å². The summed E-state index contributed by atoms with van der Waals surface area (Å²) < 4.78 is 12.5. The minimum Gasteiger partial charge on any atom is -0.497 e. The molecule has 2 aromatic carbocycles. The third-order valence-electron chi connectivity index (χ3n) is 4.76. The van der Waals surface area contributed by atoms with Gasteiger partial charge in [-0.3, -0.25) is 9.59 Å². The van der Waals surface area contributed by atoms with E-state index in [4.69, 9.17) is 9.47 Å². The molecule has 7 heteroatoms. The van der Waals surface area contributed by atoms with Gasteiger partial charge in [-0.25, -0.2) is 0 Å². The Morgan fingerprint density at radius 3 is 2.31 bits per heavy atom. The molecule has 3 aromatic rings. The second-order valence-electron chi connectivity index (χ2n) is 6.62. The zero-order valence-electron chi connectivity index (χ0n) is 16.7. The Kier molecular flexibility index (Phi) is 6.07. The Labute approximate surface area is 169 Å². The van der Waals surface area contributed by atoms with Gasteiger partial charge in [-0.05, 0) is 30.7 Å². The second-order valence-corrected chi connectivity index (χ2v) is 6.62. The molecule has 0 fully saturated rings. The van der Waals surface area contributed by atoms with Crippen LogP contribution in [0.2, 0.25) is 0 Å². The molecule has 3 rings (SSSR count). The maximum absolute atomic E-state index is 13.3. The first-order valence-electron chi connectivity index (χ1n) is 9.27. The van der Waals surface area contributed by atoms with Crippen LogP contribution in [-0.4, -0.2) is 47.2 Å². The summed E-state index contributed by atoms with van der Waals surface area (Å²) in [5, 5.41) is 10.2. The molecule has 0 radical (unpaired) electrons. The largest absolute Gasteiger partial charge is 0.497 e. The SMILES string of the molecule is CCn1cc(C(=O)N(CC(=O)O)Cc2cc(OC)cc(OC)c2)c2ccccc21. The van der Waals surface area contributed by atoms with Gasteiger partial charge in [-0.1, -0.05) is 18.2 Å². The van der Waals surface area contributed by atoms with E-state index < -0.39 is 12.5 Å². The number of amides is 1. The van der Waals surface area contributed by atoms with E-state index in [-0.39, 0.29) is 12.5 Å². The fourth-order valence-electron chi connectivity index (χ4n) is 3.39. The molecule has 29 heavy (non-hydrogen) atoms. The summed E-state index contributed by atoms with van der Waals surface area (Å²) in [6.45, 7) is 2.41. The van der Waals surface area contributed by atoms with Gasteiger partial charge in [0, 0.05) is 36.3 Å². The quantitative estimate of drug-likeness (QED) is 0.631. The number of carbonyl (C=O) groups is 2. The van der Waals surface area contributed by atoms with Crippen molar-refractivity contribution in [3.8, 4) is 11.5 Å². The van der Waals surface area contributed by atoms with Crippen LogP contribution in [0.4, 0.5) is 0 Å². The lowest BCUT2D eigenvalue weighted by atomic mass is 10.1. The number of aromatic nitrogens is 1. The van der Waals surface area contributed by atoms with Crippen LogP contribution in [0.3, 0.4) is 0 Å². The van der Waals surface area contributed by atoms with E-state index >= 15 is 0 Å². The Hall–Kier alpha value is -3.48. The van der Waals surface area contributed by atoms with Crippen molar-refractivity contribution in [2.24, 2.45) is 0 Å². The Bertz CT molecular complexity index is 1020. The highest BCUT2D eigenvalue weighted by atomic mass is 16.5. The van der Waals surface area contributed by atoms with Crippen molar-refractivity contribution in [2.75, 3.05) is 20.8 Å². The van der Waals surface area contributed by atoms with Gasteiger partial charge in [0.1, 0.15) is 18.0 Å². The van der Waals surface area contributed by atoms with Crippen LogP contribution in [-0.2, 0) is 17.9 Å². The molecular weight excluding hydrogens is 372 g/mol. The maximum Gasteiger partial charge on any atom is 0.323 e. The fraction of sp³-hybridized carbons (Fsp3) is 0.273. The Morgan fingerprint density at radius 1 is 1.07 bits per heavy atom. The van der Waals surface area contributed by atoms with E-state index in [9.17, 15) is 14.7 Å². The van der Waals surface area contributed by atoms with E-state index in [0.29, 0.717) is 23.6 Å². The van der Waals surface area contributed by atoms with Crippen molar-refractivity contribution >= 4 is 22.8 Å². The topological polar surface area (TPSA) is 81.0 Å². The number of rotatable bonds is 8. The summed E-state index contributed by atoms with van der Waals surface area (Å²) in [6.07, 6.45) is 1.79. The van der Waals surface area contributed by atoms with E-state index in [0.717, 1.165) is 16.5 Å². The predicted molar refractivity (Wildman–Crippen MR) is 110 cm³/mol. The molecule has 0 saturated carbocycles. The van der Waals surface area contributed by atoms with Crippen molar-refractivity contribution in [2.45, 2.75) is 20.0 Å². The van der Waals surface area contributed by atoms with Gasteiger partial charge in [0.25, 0.3) is 5.91 Å². The highest BCUT2D eigenvalue weighted by Gasteiger charge is 2.23. The van der Waals surface area contributed by atoms with Gasteiger partial charge in [-0.15, -0.1) is 0 Å². The number of hydrogen-bond acceptors (Lipinski definition) is 4. The zero-order valence-corrected chi connectivity index (χ0v) is 16.7. The van der Waals surface area contributed by atoms with Crippen molar-refractivity contribution in [3.05, 3.63) is 59.8 Å². The van der Waals surface area contributed by atoms with Crippen LogP contribution in [0.1, 0.15) is 22.8 Å². The fourth-order valence-corrected chi connectivity index (χ4v) is 3.39. The highest BCUT2D eigenvalue weighted by molar-refractivity contribution is 6.07. The summed E-state index contributed by atoms with van der Waals surface area (Å²) in [5.74, 6) is -0.264. The van der Waals surface area contributed by atoms with Crippen molar-refractivity contribution in [1.29, 1.82) is 0 Å². The van der Waals surface area contributed by atoms with E-state index in [1.165, 1.54) is 4.90 Å². The normalized spacial score (nSPS) is 10.7. The van der Waals surface area contributed by atoms with Crippen LogP contribution in [0.5, 0.6) is 11.5 Å². The first kappa shape index (κ1) is 20.3. The molecule has 152 valence electrons. The van der Waals surface area contributed by atoms with Gasteiger partial charge in [0.15, 0.2) is 0 Å². The molecule has 0 atom stereocenters. The lowest BCUT2D eigenvalue weighted by molar-refractivity contribution is -0.137. The highest BCUT2D eigenvalue weighted by Crippen LogP contribution is 2.26. The van der Waals surface area contributed by atoms with Crippen molar-refractivity contribution in [1.82, 2.24) is 9.47 Å². The van der Waals surface area contributed by atoms with E-state index in [2.05, 4.69) is 0 Å². The molecule has 1 amide bonds. The third-order valence-corrected chi connectivity index (χ3v) is 4.76. The molecule has 7 nitrogen and oxygen atoms in total. The van der Waals surface area contributed by atoms with Crippen molar-refractivity contribution < 1.29 is 24.2 Å². The lowest BCUT2D eigenvalue weighted by Gasteiger charge is -2.21. The molecule has 1 aromatic heterocycles. The number of para-hydroxylation sites is 1. The zero-order chi connectivity index (χ0) is 21.0. The average molecular weight is 396 g/mol. The maximum atomic E-state index is 13.3. The van der Waals surface area contributed by atoms with E-state index in [1.807, 2.05) is 35.8 Å². The molecule has 0 saturated heterocycles. The summed E-state index contributed by atoms with van der Waals surface area (Å²) in [4.78, 5) is 26.1. The Morgan fingerprint density at radius 2 is 1.72 bits per heavy atom. The van der Waals surface area contributed by atoms with Crippen LogP contribution in [0.25, 0.3) is 10.9 Å². The number of aliphatic carboxylic acids is 1. The minimum atomic E-state index is -1.08. The van der Waals surface area contributed by atoms with Gasteiger partial charge >= 0.3 is 5.97 Å². The first-order chi connectivity index (χ1) is 14.0. The van der Waals surface area contributed by atoms with Gasteiger partial charge in [0.05, 0.1) is 19.8 Å². The number of aryl methyl sites for hydroxylation is 1. The van der Waals surface area contributed by atoms with Crippen molar-refractivity contribution in [3.63, 3.8) is 0 Å². The molecule has 0 aliphatic heterocycles. The summed E-state index contributed by atoms with van der Waals surface area (Å²) >= 11 is 0. The second kappa shape index (κ2) is 8.68. The van der Waals surface area contributed by atoms with Gasteiger partial charge in [0.2, 0.25) is 0 Å². The minimum absolute atomic E-state index is 0.115. The van der Waals surface area contributed by atoms with Crippen LogP contribution >= 0.6 is 0 Å². The molecule has 0 aliphatic rings. The Balaban J connectivity index is 2.00. The molecule has 0 bridgehead atoms. The molecule has 0 spiro atoms. The van der Waals surface area contributed by atoms with Crippen LogP contribution < -0.4 is 9.47 Å². The number of carboxylic acids is 1. The molecule has 1 N–H and O–H groups in total. The third kappa shape index (κ3) is 4.34. The first-order valence-corrected chi connectivity index (χ1v) is 9.27. The molecule has 0 unspecified atom stereocenters. The number of benzene rings is 2. The van der Waals surface area contributed by atoms with Crippen LogP contribution in [0, 0.1) is 0 Å². The number of nitrogens with zero attached hydrogens (tertiary/aromatic N) is 2. The monoisotopic (exact) mass is 396 g/mol. The summed E-state index contributed by atoms with van der Waals surface area (Å²) in [6, 6.07) is 12.9. The standard InChI is InChI=1S/C22H24N2O5/c1-4-23-13-19(18-7-5-6-8-20(18)23)22(27)24(14-21(25)26)12-15-9-16(28-2)11-17(10-15)29-3/h5-11,13H,4,12,14H2,1-3H3,(H,25,26). The molecule has 1 heterocycles. The molecular formula is C22H24N2O5. The number of carboxylic acid groups (broad SMARTS) is 1. The lowest BCUT2D eigenvalue weighted by Crippen LogP contribution is -2.35. The predicted octanol–water partition coefficient (Wildman–Crippen LogP) is 3.41. The average Bonchev–Trinajstić information content (AvgIpc) is 3.11. The van der Waals surface area contributed by atoms with Crippen LogP contribution in [0.15, 0.2) is 48.7 Å². The number of carbonyl (C=O) groups excluding carboxylic acids is 1. The smallest absolute Gasteiger partial charge is 0.323 e.